The summed E-state index contributed by atoms with van der Waals surface area (Å²) in [5.41, 5.74) is 6.16. The summed E-state index contributed by atoms with van der Waals surface area (Å²) in [6, 6.07) is 20.7. The maximum Gasteiger partial charge on any atom is 0.112 e. The van der Waals surface area contributed by atoms with Crippen molar-refractivity contribution in [1.82, 2.24) is 4.72 Å². The smallest absolute Gasteiger partial charge is 0.112 e. The highest BCUT2D eigenvalue weighted by Gasteiger charge is 2.30. The molecular weight excluding hydrogens is 366 g/mol. The molecule has 0 saturated heterocycles. The lowest BCUT2D eigenvalue weighted by molar-refractivity contribution is 0.542. The Labute approximate surface area is 168 Å². The molecule has 2 aromatic carbocycles. The molecule has 27 heavy (non-hydrogen) atoms. The van der Waals surface area contributed by atoms with Gasteiger partial charge in [-0.15, -0.1) is 5.73 Å². The van der Waals surface area contributed by atoms with Crippen LogP contribution in [0.25, 0.3) is 0 Å². The molecule has 0 fully saturated rings. The van der Waals surface area contributed by atoms with E-state index in [9.17, 15) is 4.21 Å². The minimum absolute atomic E-state index is 0.342. The van der Waals surface area contributed by atoms with Crippen LogP contribution in [0, 0.1) is 0 Å². The molecule has 2 atom stereocenters. The molecule has 0 radical (unpaired) electrons. The average Bonchev–Trinajstić information content (AvgIpc) is 2.62. The van der Waals surface area contributed by atoms with Gasteiger partial charge in [-0.1, -0.05) is 78.9 Å². The van der Waals surface area contributed by atoms with Crippen LogP contribution >= 0.6 is 0 Å². The van der Waals surface area contributed by atoms with E-state index in [1.807, 2.05) is 51.1 Å². The maximum absolute atomic E-state index is 12.8. The van der Waals surface area contributed by atoms with Crippen molar-refractivity contribution in [2.75, 3.05) is 0 Å². The van der Waals surface area contributed by atoms with E-state index in [2.05, 4.69) is 72.6 Å². The molecule has 2 nitrogen and oxygen atoms in total. The summed E-state index contributed by atoms with van der Waals surface area (Å²) in [5.74, 6) is 0. The molecule has 0 amide bonds. The molecule has 0 aliphatic carbocycles. The second kappa shape index (κ2) is 8.53. The quantitative estimate of drug-likeness (QED) is 0.549. The van der Waals surface area contributed by atoms with E-state index in [4.69, 9.17) is 0 Å². The van der Waals surface area contributed by atoms with Gasteiger partial charge in [0.15, 0.2) is 0 Å². The Hall–Kier alpha value is -1.71. The van der Waals surface area contributed by atoms with Crippen molar-refractivity contribution in [1.29, 1.82) is 0 Å². The van der Waals surface area contributed by atoms with Crippen LogP contribution in [-0.4, -0.2) is 17.0 Å². The fourth-order valence-electron chi connectivity index (χ4n) is 2.67. The third-order valence-corrected chi connectivity index (χ3v) is 9.00. The average molecular weight is 398 g/mol. The van der Waals surface area contributed by atoms with Crippen molar-refractivity contribution in [3.63, 3.8) is 0 Å². The van der Waals surface area contributed by atoms with Crippen molar-refractivity contribution >= 4 is 24.2 Å². The number of nitrogens with one attached hydrogen (secondary N) is 1. The van der Waals surface area contributed by atoms with Crippen molar-refractivity contribution in [3.05, 3.63) is 83.7 Å². The minimum atomic E-state index is -1.73. The first-order valence-electron chi connectivity index (χ1n) is 9.30. The molecule has 2 aromatic rings. The summed E-state index contributed by atoms with van der Waals surface area (Å²) >= 11 is 0. The third kappa shape index (κ3) is 5.88. The summed E-state index contributed by atoms with van der Waals surface area (Å²) < 4.78 is 15.8. The third-order valence-electron chi connectivity index (χ3n) is 4.57. The summed E-state index contributed by atoms with van der Waals surface area (Å²) in [6.45, 7) is 12.6. The van der Waals surface area contributed by atoms with Gasteiger partial charge in [0.25, 0.3) is 0 Å². The maximum atomic E-state index is 12.8. The van der Waals surface area contributed by atoms with Crippen molar-refractivity contribution in [2.24, 2.45) is 0 Å². The number of hydrogen-bond donors (Lipinski definition) is 1. The lowest BCUT2D eigenvalue weighted by Crippen LogP contribution is -2.45. The summed E-state index contributed by atoms with van der Waals surface area (Å²) in [4.78, 5) is 0. The first kappa shape index (κ1) is 21.6. The summed E-state index contributed by atoms with van der Waals surface area (Å²) in [6.07, 6.45) is 2.02. The van der Waals surface area contributed by atoms with Crippen molar-refractivity contribution in [3.8, 4) is 0 Å². The topological polar surface area (TPSA) is 29.1 Å². The lowest BCUT2D eigenvalue weighted by Gasteiger charge is -2.31. The van der Waals surface area contributed by atoms with Crippen molar-refractivity contribution in [2.45, 2.75) is 51.1 Å². The van der Waals surface area contributed by atoms with Crippen molar-refractivity contribution < 1.29 is 4.21 Å². The second-order valence-electron chi connectivity index (χ2n) is 8.59. The monoisotopic (exact) mass is 397 g/mol. The Bertz CT molecular complexity index is 834. The molecule has 0 bridgehead atoms. The van der Waals surface area contributed by atoms with Crippen LogP contribution in [0.1, 0.15) is 33.3 Å². The first-order valence-corrected chi connectivity index (χ1v) is 13.5. The van der Waals surface area contributed by atoms with E-state index in [-0.39, 0.29) is 4.75 Å². The molecule has 0 spiro atoms. The molecule has 0 aromatic heterocycles. The molecule has 4 heteroatoms. The lowest BCUT2D eigenvalue weighted by atomic mass is 9.93. The summed E-state index contributed by atoms with van der Waals surface area (Å²) in [5, 5.41) is 1.37. The summed E-state index contributed by atoms with van der Waals surface area (Å²) in [7, 11) is -2.92. The molecule has 2 rings (SSSR count). The molecule has 1 N–H and O–H groups in total. The highest BCUT2D eigenvalue weighted by atomic mass is 32.2. The van der Waals surface area contributed by atoms with Gasteiger partial charge < -0.3 is 0 Å². The Balaban J connectivity index is 2.40. The standard InChI is InChI=1S/C23H31NOSSi/c1-22(2,3)26(25)24-23(4,20-14-9-7-10-15-20)18-13-19-27(5,6)21-16-11-8-12-17-21/h7-12,14-19,24H,1-6H3/t13?,23-,26?/m0/s1. The largest absolute Gasteiger partial charge is 0.242 e. The fourth-order valence-corrected chi connectivity index (χ4v) is 5.26. The van der Waals surface area contributed by atoms with Crippen LogP contribution in [0.2, 0.25) is 13.1 Å². The zero-order valence-electron chi connectivity index (χ0n) is 17.2. The Morgan fingerprint density at radius 3 is 1.96 bits per heavy atom. The van der Waals surface area contributed by atoms with Crippen LogP contribution in [-0.2, 0) is 16.5 Å². The highest BCUT2D eigenvalue weighted by Crippen LogP contribution is 2.25. The molecular formula is C23H31NOSSi. The molecule has 0 aliphatic heterocycles. The molecule has 0 aliphatic rings. The van der Waals surface area contributed by atoms with Gasteiger partial charge in [0.05, 0.1) is 21.3 Å². The fraction of sp³-hybridized carbons (Fsp3) is 0.348. The molecule has 0 saturated carbocycles. The number of benzene rings is 2. The van der Waals surface area contributed by atoms with Gasteiger partial charge in [0.2, 0.25) is 0 Å². The zero-order chi connectivity index (χ0) is 20.1. The van der Waals surface area contributed by atoms with Crippen LogP contribution < -0.4 is 9.91 Å². The van der Waals surface area contributed by atoms with Gasteiger partial charge in [0, 0.05) is 0 Å². The number of rotatable bonds is 6. The number of hydrogen-bond acceptors (Lipinski definition) is 1. The Kier molecular flexibility index (Phi) is 6.82. The predicted molar refractivity (Wildman–Crippen MR) is 121 cm³/mol. The predicted octanol–water partition coefficient (Wildman–Crippen LogP) is 4.82. The normalized spacial score (nSPS) is 15.3. The van der Waals surface area contributed by atoms with Gasteiger partial charge >= 0.3 is 0 Å². The highest BCUT2D eigenvalue weighted by molar-refractivity contribution is 7.84. The first-order chi connectivity index (χ1) is 12.5. The van der Waals surface area contributed by atoms with Gasteiger partial charge in [-0.3, -0.25) is 0 Å². The Morgan fingerprint density at radius 2 is 1.44 bits per heavy atom. The van der Waals surface area contributed by atoms with E-state index >= 15 is 0 Å². The van der Waals surface area contributed by atoms with E-state index in [0.29, 0.717) is 0 Å². The van der Waals surface area contributed by atoms with E-state index in [0.717, 1.165) is 5.56 Å². The van der Waals surface area contributed by atoms with E-state index in [1.165, 1.54) is 5.19 Å². The zero-order valence-corrected chi connectivity index (χ0v) is 19.1. The van der Waals surface area contributed by atoms with Gasteiger partial charge in [-0.05, 0) is 45.0 Å². The van der Waals surface area contributed by atoms with Gasteiger partial charge in [-0.25, -0.2) is 8.93 Å². The van der Waals surface area contributed by atoms with Gasteiger partial charge in [-0.2, -0.15) is 0 Å². The minimum Gasteiger partial charge on any atom is -0.242 e. The molecule has 1 unspecified atom stereocenters. The Morgan fingerprint density at radius 1 is 0.926 bits per heavy atom. The van der Waals surface area contributed by atoms with Crippen LogP contribution in [0.5, 0.6) is 0 Å². The van der Waals surface area contributed by atoms with Gasteiger partial charge in [0.1, 0.15) is 8.07 Å². The molecule has 0 heterocycles. The molecule has 144 valence electrons. The SMILES string of the molecule is CC(C)(C)S(=O)N[C@@](C)(C=C=C[Si](C)(C)c1ccccc1)c1ccccc1. The second-order valence-corrected chi connectivity index (χ2v) is 14.9. The van der Waals surface area contributed by atoms with Crippen LogP contribution in [0.4, 0.5) is 0 Å². The van der Waals surface area contributed by atoms with E-state index in [1.54, 1.807) is 0 Å². The van der Waals surface area contributed by atoms with E-state index < -0.39 is 24.6 Å². The van der Waals surface area contributed by atoms with Crippen LogP contribution in [0.3, 0.4) is 0 Å². The van der Waals surface area contributed by atoms with Crippen LogP contribution in [0.15, 0.2) is 78.2 Å².